The molecule has 7 nitrogen and oxygen atoms in total. The van der Waals surface area contributed by atoms with Gasteiger partial charge in [-0.15, -0.1) is 0 Å². The van der Waals surface area contributed by atoms with Crippen LogP contribution in [0.4, 0.5) is 23.2 Å². The fourth-order valence-electron chi connectivity index (χ4n) is 2.81. The fraction of sp³-hybridized carbons (Fsp3) is 0.136. The molecule has 0 aliphatic carbocycles. The number of alkyl halides is 3. The molecule has 1 heterocycles. The van der Waals surface area contributed by atoms with E-state index in [2.05, 4.69) is 10.3 Å². The van der Waals surface area contributed by atoms with Gasteiger partial charge in [0.25, 0.3) is 11.8 Å². The quantitative estimate of drug-likeness (QED) is 0.491. The molecule has 0 unspecified atom stereocenters. The van der Waals surface area contributed by atoms with Crippen LogP contribution in [0.2, 0.25) is 0 Å². The van der Waals surface area contributed by atoms with Crippen molar-refractivity contribution in [2.75, 3.05) is 11.9 Å². The number of nitrogens with one attached hydrogen (secondary N) is 1. The van der Waals surface area contributed by atoms with E-state index in [-0.39, 0.29) is 17.1 Å². The average molecular weight is 463 g/mol. The first-order valence-corrected chi connectivity index (χ1v) is 9.47. The first-order chi connectivity index (χ1) is 15.6. The zero-order valence-corrected chi connectivity index (χ0v) is 17.1. The molecule has 0 fully saturated rings. The first kappa shape index (κ1) is 23.5. The number of ether oxygens (including phenoxy) is 2. The van der Waals surface area contributed by atoms with Gasteiger partial charge in [0.15, 0.2) is 5.82 Å². The molecule has 0 atom stereocenters. The maximum Gasteiger partial charge on any atom is 0.419 e. The Kier molecular flexibility index (Phi) is 6.80. The molecular weight excluding hydrogens is 446 g/mol. The summed E-state index contributed by atoms with van der Waals surface area (Å²) in [7, 11) is 0. The molecule has 2 amide bonds. The van der Waals surface area contributed by atoms with Crippen LogP contribution in [-0.4, -0.2) is 23.4 Å². The Morgan fingerprint density at radius 2 is 1.73 bits per heavy atom. The summed E-state index contributed by atoms with van der Waals surface area (Å²) in [6, 6.07) is 9.66. The lowest BCUT2D eigenvalue weighted by molar-refractivity contribution is -0.140. The van der Waals surface area contributed by atoms with Crippen molar-refractivity contribution >= 4 is 17.5 Å². The molecule has 3 rings (SSSR count). The van der Waals surface area contributed by atoms with Crippen molar-refractivity contribution in [1.29, 1.82) is 0 Å². The highest BCUT2D eigenvalue weighted by molar-refractivity contribution is 6.07. The molecule has 172 valence electrons. The monoisotopic (exact) mass is 463 g/mol. The van der Waals surface area contributed by atoms with Gasteiger partial charge in [0, 0.05) is 11.9 Å². The van der Waals surface area contributed by atoms with Gasteiger partial charge in [-0.05, 0) is 55.5 Å². The summed E-state index contributed by atoms with van der Waals surface area (Å²) in [6.45, 7) is 2.20. The van der Waals surface area contributed by atoms with Crippen molar-refractivity contribution in [3.63, 3.8) is 0 Å². The third kappa shape index (κ3) is 5.56. The zero-order chi connectivity index (χ0) is 24.2. The summed E-state index contributed by atoms with van der Waals surface area (Å²) < 4.78 is 65.4. The number of hydrogen-bond acceptors (Lipinski definition) is 5. The molecule has 3 N–H and O–H groups in total. The van der Waals surface area contributed by atoms with Crippen LogP contribution >= 0.6 is 0 Å². The fourth-order valence-corrected chi connectivity index (χ4v) is 2.81. The second kappa shape index (κ2) is 9.55. The van der Waals surface area contributed by atoms with E-state index in [1.165, 1.54) is 18.2 Å². The van der Waals surface area contributed by atoms with Gasteiger partial charge in [-0.3, -0.25) is 14.6 Å². The van der Waals surface area contributed by atoms with Crippen molar-refractivity contribution in [2.45, 2.75) is 13.1 Å². The molecule has 0 radical (unpaired) electrons. The van der Waals surface area contributed by atoms with Gasteiger partial charge < -0.3 is 20.5 Å². The number of amides is 2. The lowest BCUT2D eigenvalue weighted by Crippen LogP contribution is -2.19. The van der Waals surface area contributed by atoms with Gasteiger partial charge >= 0.3 is 6.18 Å². The molecule has 0 aliphatic rings. The van der Waals surface area contributed by atoms with E-state index in [9.17, 15) is 27.2 Å². The minimum absolute atomic E-state index is 0.0346. The summed E-state index contributed by atoms with van der Waals surface area (Å²) in [5.74, 6) is -3.74. The molecule has 11 heteroatoms. The van der Waals surface area contributed by atoms with Crippen molar-refractivity contribution in [2.24, 2.45) is 5.73 Å². The summed E-state index contributed by atoms with van der Waals surface area (Å²) in [5, 5.41) is 2.23. The second-order valence-corrected chi connectivity index (χ2v) is 6.55. The van der Waals surface area contributed by atoms with E-state index < -0.39 is 40.7 Å². The highest BCUT2D eigenvalue weighted by atomic mass is 19.4. The predicted molar refractivity (Wildman–Crippen MR) is 110 cm³/mol. The Morgan fingerprint density at radius 3 is 2.33 bits per heavy atom. The normalized spacial score (nSPS) is 11.1. The standard InChI is InChI=1S/C22H17F4N3O4/c1-2-32-13-3-5-14(6-4-13)33-17-8-7-15(22(24,25)26)19(23)18(17)21(31)29-12-9-10-28-16(11-12)20(27)30/h3-11H,2H2,1H3,(H2,27,30)(H,28,29,31). The number of nitrogens with zero attached hydrogens (tertiary/aromatic N) is 1. The van der Waals surface area contributed by atoms with E-state index in [0.29, 0.717) is 18.4 Å². The minimum atomic E-state index is -5.05. The van der Waals surface area contributed by atoms with Crippen molar-refractivity contribution in [1.82, 2.24) is 4.98 Å². The molecule has 0 saturated heterocycles. The molecule has 0 aliphatic heterocycles. The first-order valence-electron chi connectivity index (χ1n) is 9.47. The number of hydrogen-bond donors (Lipinski definition) is 2. The van der Waals surface area contributed by atoms with E-state index >= 15 is 0 Å². The van der Waals surface area contributed by atoms with Crippen LogP contribution in [0.3, 0.4) is 0 Å². The smallest absolute Gasteiger partial charge is 0.419 e. The Bertz CT molecular complexity index is 1180. The van der Waals surface area contributed by atoms with Crippen LogP contribution in [0, 0.1) is 5.82 Å². The molecule has 0 spiro atoms. The van der Waals surface area contributed by atoms with Gasteiger partial charge in [-0.2, -0.15) is 13.2 Å². The lowest BCUT2D eigenvalue weighted by Gasteiger charge is -2.16. The van der Waals surface area contributed by atoms with Crippen LogP contribution < -0.4 is 20.5 Å². The predicted octanol–water partition coefficient (Wildman–Crippen LogP) is 4.78. The summed E-state index contributed by atoms with van der Waals surface area (Å²) in [4.78, 5) is 27.8. The number of halogens is 4. The van der Waals surface area contributed by atoms with E-state index in [0.717, 1.165) is 18.3 Å². The second-order valence-electron chi connectivity index (χ2n) is 6.55. The van der Waals surface area contributed by atoms with Gasteiger partial charge in [0.2, 0.25) is 0 Å². The third-order valence-electron chi connectivity index (χ3n) is 4.27. The van der Waals surface area contributed by atoms with Crippen LogP contribution in [0.5, 0.6) is 17.2 Å². The maximum atomic E-state index is 14.9. The van der Waals surface area contributed by atoms with Crippen molar-refractivity contribution in [3.8, 4) is 17.2 Å². The maximum absolute atomic E-state index is 14.9. The van der Waals surface area contributed by atoms with Gasteiger partial charge in [0.05, 0.1) is 12.2 Å². The van der Waals surface area contributed by atoms with Crippen molar-refractivity contribution < 1.29 is 36.6 Å². The van der Waals surface area contributed by atoms with Crippen LogP contribution in [0.1, 0.15) is 33.3 Å². The number of nitrogens with two attached hydrogens (primary N) is 1. The summed E-state index contributed by atoms with van der Waals surface area (Å²) in [5.41, 5.74) is 2.27. The molecular formula is C22H17F4N3O4. The Labute approximate surface area is 185 Å². The van der Waals surface area contributed by atoms with E-state index in [1.54, 1.807) is 19.1 Å². The van der Waals surface area contributed by atoms with E-state index in [1.807, 2.05) is 0 Å². The van der Waals surface area contributed by atoms with Gasteiger partial charge in [0.1, 0.15) is 28.5 Å². The number of pyridine rings is 1. The largest absolute Gasteiger partial charge is 0.494 e. The Morgan fingerprint density at radius 1 is 1.06 bits per heavy atom. The lowest BCUT2D eigenvalue weighted by atomic mass is 10.1. The molecule has 0 bridgehead atoms. The van der Waals surface area contributed by atoms with Gasteiger partial charge in [-0.25, -0.2) is 4.39 Å². The molecule has 3 aromatic rings. The Balaban J connectivity index is 2.00. The topological polar surface area (TPSA) is 104 Å². The molecule has 33 heavy (non-hydrogen) atoms. The molecule has 0 saturated carbocycles. The minimum Gasteiger partial charge on any atom is -0.494 e. The van der Waals surface area contributed by atoms with Crippen LogP contribution in [0.15, 0.2) is 54.7 Å². The number of primary amides is 1. The van der Waals surface area contributed by atoms with Crippen LogP contribution in [0.25, 0.3) is 0 Å². The average Bonchev–Trinajstić information content (AvgIpc) is 2.74. The SMILES string of the molecule is CCOc1ccc(Oc2ccc(C(F)(F)F)c(F)c2C(=O)Nc2ccnc(C(N)=O)c2)cc1. The van der Waals surface area contributed by atoms with Crippen molar-refractivity contribution in [3.05, 3.63) is 77.4 Å². The molecule has 1 aromatic heterocycles. The summed E-state index contributed by atoms with van der Waals surface area (Å²) in [6.07, 6.45) is -3.90. The van der Waals surface area contributed by atoms with Crippen LogP contribution in [-0.2, 0) is 6.18 Å². The Hall–Kier alpha value is -4.15. The number of rotatable bonds is 7. The summed E-state index contributed by atoms with van der Waals surface area (Å²) >= 11 is 0. The number of carbonyl (C=O) groups excluding carboxylic acids is 2. The number of benzene rings is 2. The number of anilines is 1. The van der Waals surface area contributed by atoms with E-state index in [4.69, 9.17) is 15.2 Å². The van der Waals surface area contributed by atoms with Gasteiger partial charge in [-0.1, -0.05) is 0 Å². The third-order valence-corrected chi connectivity index (χ3v) is 4.27. The highest BCUT2D eigenvalue weighted by Crippen LogP contribution is 2.37. The zero-order valence-electron chi connectivity index (χ0n) is 17.1. The number of aromatic nitrogens is 1. The molecule has 2 aromatic carbocycles. The highest BCUT2D eigenvalue weighted by Gasteiger charge is 2.37. The number of carbonyl (C=O) groups is 2.